The number of fused-ring (bicyclic) bond motifs is 2. The lowest BCUT2D eigenvalue weighted by atomic mass is 10.0. The predicted molar refractivity (Wildman–Crippen MR) is 81.9 cm³/mol. The summed E-state index contributed by atoms with van der Waals surface area (Å²) in [5.41, 5.74) is 3.16. The Morgan fingerprint density at radius 1 is 1.29 bits per heavy atom. The molecule has 0 atom stereocenters. The second kappa shape index (κ2) is 5.68. The first kappa shape index (κ1) is 13.8. The van der Waals surface area contributed by atoms with Gasteiger partial charge in [-0.15, -0.1) is 0 Å². The van der Waals surface area contributed by atoms with E-state index in [4.69, 9.17) is 0 Å². The molecule has 0 amide bonds. The molecule has 1 aliphatic rings. The van der Waals surface area contributed by atoms with Crippen LogP contribution in [0.15, 0.2) is 36.5 Å². The average Bonchev–Trinajstić information content (AvgIpc) is 2.89. The molecular formula is C18H19NO2. The summed E-state index contributed by atoms with van der Waals surface area (Å²) >= 11 is 0. The average molecular weight is 281 g/mol. The summed E-state index contributed by atoms with van der Waals surface area (Å²) in [5.74, 6) is 0.163. The summed E-state index contributed by atoms with van der Waals surface area (Å²) in [5, 5.41) is 0. The molecule has 1 aromatic heterocycles. The molecule has 0 spiro atoms. The van der Waals surface area contributed by atoms with Gasteiger partial charge in [-0.25, -0.2) is 0 Å². The summed E-state index contributed by atoms with van der Waals surface area (Å²) in [6, 6.07) is 9.50. The van der Waals surface area contributed by atoms with E-state index in [1.54, 1.807) is 6.07 Å². The largest absolute Gasteiger partial charge is 0.344 e. The third-order valence-corrected chi connectivity index (χ3v) is 4.09. The zero-order valence-electron chi connectivity index (χ0n) is 12.3. The van der Waals surface area contributed by atoms with E-state index in [9.17, 15) is 9.59 Å². The van der Waals surface area contributed by atoms with Crippen molar-refractivity contribution in [1.29, 1.82) is 0 Å². The molecule has 3 nitrogen and oxygen atoms in total. The lowest BCUT2D eigenvalue weighted by Crippen LogP contribution is -2.06. The van der Waals surface area contributed by atoms with Crippen LogP contribution in [0.3, 0.4) is 0 Å². The Labute approximate surface area is 124 Å². The van der Waals surface area contributed by atoms with Gasteiger partial charge in [0.05, 0.1) is 5.69 Å². The maximum absolute atomic E-state index is 12.6. The van der Waals surface area contributed by atoms with E-state index in [2.05, 4.69) is 6.92 Å². The first-order chi connectivity index (χ1) is 10.2. The summed E-state index contributed by atoms with van der Waals surface area (Å²) < 4.78 is 1.93. The smallest absolute Gasteiger partial charge is 0.209 e. The van der Waals surface area contributed by atoms with Crippen LogP contribution in [0.25, 0.3) is 0 Å². The number of carbonyl (C=O) groups excluding carboxylic acids is 2. The fourth-order valence-corrected chi connectivity index (χ4v) is 2.86. The van der Waals surface area contributed by atoms with E-state index < -0.39 is 0 Å². The number of benzene rings is 1. The van der Waals surface area contributed by atoms with Crippen molar-refractivity contribution >= 4 is 11.6 Å². The molecule has 108 valence electrons. The quantitative estimate of drug-likeness (QED) is 0.802. The van der Waals surface area contributed by atoms with Gasteiger partial charge >= 0.3 is 0 Å². The number of aromatic nitrogens is 1. The number of unbranched alkanes of at least 4 members (excludes halogenated alkanes) is 1. The minimum Gasteiger partial charge on any atom is -0.344 e. The second-order valence-corrected chi connectivity index (χ2v) is 5.57. The van der Waals surface area contributed by atoms with Gasteiger partial charge in [-0.3, -0.25) is 9.59 Å². The summed E-state index contributed by atoms with van der Waals surface area (Å²) in [7, 11) is 0. The molecular weight excluding hydrogens is 262 g/mol. The number of rotatable bonds is 4. The van der Waals surface area contributed by atoms with Crippen molar-refractivity contribution in [3.63, 3.8) is 0 Å². The number of carbonyl (C=O) groups is 2. The Bertz CT molecular complexity index is 697. The SMILES string of the molecule is CCCCC(=O)c1cc2n(c1)CCc1ccccc1C2=O. The maximum Gasteiger partial charge on any atom is 0.209 e. The normalized spacial score (nSPS) is 13.5. The van der Waals surface area contributed by atoms with Crippen LogP contribution in [0, 0.1) is 0 Å². The van der Waals surface area contributed by atoms with Crippen LogP contribution >= 0.6 is 0 Å². The molecule has 0 unspecified atom stereocenters. The number of hydrogen-bond donors (Lipinski definition) is 0. The number of nitrogens with zero attached hydrogens (tertiary/aromatic N) is 1. The molecule has 0 bridgehead atoms. The second-order valence-electron chi connectivity index (χ2n) is 5.57. The molecule has 2 heterocycles. The Hall–Kier alpha value is -2.16. The van der Waals surface area contributed by atoms with Crippen molar-refractivity contribution in [2.75, 3.05) is 0 Å². The molecule has 0 aliphatic carbocycles. The van der Waals surface area contributed by atoms with E-state index in [1.807, 2.05) is 35.0 Å². The fourth-order valence-electron chi connectivity index (χ4n) is 2.86. The number of aryl methyl sites for hydroxylation is 2. The summed E-state index contributed by atoms with van der Waals surface area (Å²) in [6.07, 6.45) is 5.13. The zero-order valence-corrected chi connectivity index (χ0v) is 12.3. The van der Waals surface area contributed by atoms with Gasteiger partial charge in [0.25, 0.3) is 0 Å². The first-order valence-electron chi connectivity index (χ1n) is 7.56. The van der Waals surface area contributed by atoms with Crippen molar-refractivity contribution in [3.05, 3.63) is 58.9 Å². The highest BCUT2D eigenvalue weighted by molar-refractivity contribution is 6.10. The lowest BCUT2D eigenvalue weighted by molar-refractivity contribution is 0.0979. The minimum absolute atomic E-state index is 0.0256. The number of hydrogen-bond acceptors (Lipinski definition) is 2. The Morgan fingerprint density at radius 2 is 2.10 bits per heavy atom. The van der Waals surface area contributed by atoms with Crippen LogP contribution in [0.1, 0.15) is 58.2 Å². The van der Waals surface area contributed by atoms with Gasteiger partial charge in [-0.05, 0) is 24.5 Å². The van der Waals surface area contributed by atoms with Crippen LogP contribution in [-0.2, 0) is 13.0 Å². The van der Waals surface area contributed by atoms with Gasteiger partial charge in [0.2, 0.25) is 5.78 Å². The molecule has 3 heteroatoms. The van der Waals surface area contributed by atoms with E-state index in [1.165, 1.54) is 0 Å². The van der Waals surface area contributed by atoms with Crippen LogP contribution in [0.5, 0.6) is 0 Å². The molecule has 0 saturated heterocycles. The van der Waals surface area contributed by atoms with E-state index >= 15 is 0 Å². The molecule has 0 fully saturated rings. The van der Waals surface area contributed by atoms with Crippen molar-refractivity contribution in [2.45, 2.75) is 39.2 Å². The Morgan fingerprint density at radius 3 is 2.90 bits per heavy atom. The molecule has 21 heavy (non-hydrogen) atoms. The monoisotopic (exact) mass is 281 g/mol. The van der Waals surface area contributed by atoms with Crippen LogP contribution in [-0.4, -0.2) is 16.1 Å². The first-order valence-corrected chi connectivity index (χ1v) is 7.56. The Balaban J connectivity index is 1.95. The highest BCUT2D eigenvalue weighted by Crippen LogP contribution is 2.23. The van der Waals surface area contributed by atoms with E-state index in [0.29, 0.717) is 17.7 Å². The van der Waals surface area contributed by atoms with Crippen molar-refractivity contribution in [1.82, 2.24) is 4.57 Å². The molecule has 0 saturated carbocycles. The molecule has 2 aromatic rings. The van der Waals surface area contributed by atoms with Crippen LogP contribution in [0.2, 0.25) is 0 Å². The fraction of sp³-hybridized carbons (Fsp3) is 0.333. The summed E-state index contributed by atoms with van der Waals surface area (Å²) in [4.78, 5) is 24.8. The molecule has 0 N–H and O–H groups in total. The van der Waals surface area contributed by atoms with Gasteiger partial charge < -0.3 is 4.57 Å². The molecule has 3 rings (SSSR count). The standard InChI is InChI=1S/C18H19NO2/c1-2-3-8-17(20)14-11-16-18(21)15-7-5-4-6-13(15)9-10-19(16)12-14/h4-7,11-12H,2-3,8-10H2,1H3. The van der Waals surface area contributed by atoms with Gasteiger partial charge in [0.15, 0.2) is 5.78 Å². The number of ketones is 2. The highest BCUT2D eigenvalue weighted by atomic mass is 16.1. The topological polar surface area (TPSA) is 39.1 Å². The maximum atomic E-state index is 12.6. The van der Waals surface area contributed by atoms with Gasteiger partial charge in [0, 0.05) is 30.3 Å². The number of Topliss-reactive ketones (excluding diaryl/α,β-unsaturated/α-hetero) is 1. The Kier molecular flexibility index (Phi) is 3.74. The van der Waals surface area contributed by atoms with E-state index in [0.717, 1.165) is 36.9 Å². The lowest BCUT2D eigenvalue weighted by Gasteiger charge is -2.02. The minimum atomic E-state index is 0.0256. The van der Waals surface area contributed by atoms with Crippen molar-refractivity contribution in [3.8, 4) is 0 Å². The molecule has 0 radical (unpaired) electrons. The summed E-state index contributed by atoms with van der Waals surface area (Å²) in [6.45, 7) is 2.82. The van der Waals surface area contributed by atoms with E-state index in [-0.39, 0.29) is 11.6 Å². The molecule has 1 aliphatic heterocycles. The highest BCUT2D eigenvalue weighted by Gasteiger charge is 2.23. The third kappa shape index (κ3) is 2.56. The van der Waals surface area contributed by atoms with Crippen molar-refractivity contribution < 1.29 is 9.59 Å². The van der Waals surface area contributed by atoms with Crippen LogP contribution in [0.4, 0.5) is 0 Å². The van der Waals surface area contributed by atoms with Gasteiger partial charge in [-0.2, -0.15) is 0 Å². The van der Waals surface area contributed by atoms with Gasteiger partial charge in [0.1, 0.15) is 0 Å². The zero-order chi connectivity index (χ0) is 14.8. The molecule has 1 aromatic carbocycles. The van der Waals surface area contributed by atoms with Crippen molar-refractivity contribution in [2.24, 2.45) is 0 Å². The van der Waals surface area contributed by atoms with Crippen LogP contribution < -0.4 is 0 Å². The van der Waals surface area contributed by atoms with Gasteiger partial charge in [-0.1, -0.05) is 37.6 Å². The predicted octanol–water partition coefficient (Wildman–Crippen LogP) is 3.65. The third-order valence-electron chi connectivity index (χ3n) is 4.09.